The van der Waals surface area contributed by atoms with Gasteiger partial charge in [0.2, 0.25) is 0 Å². The highest BCUT2D eigenvalue weighted by Crippen LogP contribution is 1.98. The van der Waals surface area contributed by atoms with Crippen LogP contribution in [-0.4, -0.2) is 15.5 Å². The Hall–Kier alpha value is -1.32. The number of aromatic nitrogens is 2. The van der Waals surface area contributed by atoms with Crippen LogP contribution in [0.1, 0.15) is 30.3 Å². The number of imidazole rings is 1. The van der Waals surface area contributed by atoms with E-state index >= 15 is 0 Å². The fourth-order valence-corrected chi connectivity index (χ4v) is 0.950. The van der Waals surface area contributed by atoms with Crippen molar-refractivity contribution in [3.8, 4) is 0 Å². The van der Waals surface area contributed by atoms with Crippen molar-refractivity contribution >= 4 is 5.91 Å². The Morgan fingerprint density at radius 2 is 2.50 bits per heavy atom. The Morgan fingerprint density at radius 1 is 1.75 bits per heavy atom. The molecule has 0 aliphatic carbocycles. The minimum Gasteiger partial charge on any atom is -0.364 e. The lowest BCUT2D eigenvalue weighted by atomic mass is 10.3. The number of unbranched alkanes of at least 4 members (excludes halogenated alkanes) is 1. The molecule has 0 unspecified atom stereocenters. The number of amides is 1. The summed E-state index contributed by atoms with van der Waals surface area (Å²) in [5.41, 5.74) is 5.38. The number of rotatable bonds is 4. The maximum Gasteiger partial charge on any atom is 0.268 e. The van der Waals surface area contributed by atoms with Gasteiger partial charge in [-0.3, -0.25) is 4.79 Å². The van der Waals surface area contributed by atoms with Crippen LogP contribution in [0, 0.1) is 0 Å². The number of hydrogen-bond acceptors (Lipinski definition) is 2. The van der Waals surface area contributed by atoms with E-state index in [1.165, 1.54) is 0 Å². The van der Waals surface area contributed by atoms with E-state index in [-0.39, 0.29) is 0 Å². The fraction of sp³-hybridized carbons (Fsp3) is 0.500. The summed E-state index contributed by atoms with van der Waals surface area (Å²) < 4.78 is 1.88. The Labute approximate surface area is 71.4 Å². The largest absolute Gasteiger partial charge is 0.364 e. The number of aryl methyl sites for hydroxylation is 1. The molecular formula is C8H13N3O. The standard InChI is InChI=1S/C8H13N3O/c1-2-3-4-11-5-7(8(9)12)10-6-11/h5-6H,2-4H2,1H3,(H2,9,12). The van der Waals surface area contributed by atoms with Gasteiger partial charge in [-0.2, -0.15) is 0 Å². The van der Waals surface area contributed by atoms with Crippen LogP contribution in [-0.2, 0) is 6.54 Å². The lowest BCUT2D eigenvalue weighted by molar-refractivity contribution is 0.0996. The van der Waals surface area contributed by atoms with Crippen molar-refractivity contribution in [3.63, 3.8) is 0 Å². The summed E-state index contributed by atoms with van der Waals surface area (Å²) in [5.74, 6) is -0.467. The van der Waals surface area contributed by atoms with Crippen molar-refractivity contribution < 1.29 is 4.79 Å². The summed E-state index contributed by atoms with van der Waals surface area (Å²) in [7, 11) is 0. The SMILES string of the molecule is CCCCn1cnc(C(N)=O)c1. The smallest absolute Gasteiger partial charge is 0.268 e. The molecule has 0 fully saturated rings. The molecule has 1 heterocycles. The lowest BCUT2D eigenvalue weighted by Gasteiger charge is -1.97. The Balaban J connectivity index is 2.58. The van der Waals surface area contributed by atoms with Crippen molar-refractivity contribution in [2.24, 2.45) is 5.73 Å². The van der Waals surface area contributed by atoms with Crippen LogP contribution in [0.4, 0.5) is 0 Å². The van der Waals surface area contributed by atoms with Gasteiger partial charge in [-0.1, -0.05) is 13.3 Å². The summed E-state index contributed by atoms with van der Waals surface area (Å²) in [6.45, 7) is 3.02. The lowest BCUT2D eigenvalue weighted by Crippen LogP contribution is -2.11. The zero-order valence-corrected chi connectivity index (χ0v) is 7.16. The highest BCUT2D eigenvalue weighted by molar-refractivity contribution is 5.90. The summed E-state index contributed by atoms with van der Waals surface area (Å²) in [6, 6.07) is 0. The van der Waals surface area contributed by atoms with Crippen LogP contribution < -0.4 is 5.73 Å². The number of hydrogen-bond donors (Lipinski definition) is 1. The van der Waals surface area contributed by atoms with E-state index in [9.17, 15) is 4.79 Å². The molecule has 0 bridgehead atoms. The number of carbonyl (C=O) groups excluding carboxylic acids is 1. The van der Waals surface area contributed by atoms with Crippen LogP contribution in [0.2, 0.25) is 0 Å². The van der Waals surface area contributed by atoms with Crippen molar-refractivity contribution in [2.75, 3.05) is 0 Å². The van der Waals surface area contributed by atoms with E-state index in [1.54, 1.807) is 12.5 Å². The van der Waals surface area contributed by atoms with Crippen LogP contribution in [0.25, 0.3) is 0 Å². The van der Waals surface area contributed by atoms with Gasteiger partial charge in [0.25, 0.3) is 5.91 Å². The van der Waals surface area contributed by atoms with E-state index in [0.717, 1.165) is 19.4 Å². The molecule has 1 rings (SSSR count). The van der Waals surface area contributed by atoms with Crippen molar-refractivity contribution in [1.82, 2.24) is 9.55 Å². The first-order chi connectivity index (χ1) is 5.74. The molecular weight excluding hydrogens is 154 g/mol. The van der Waals surface area contributed by atoms with Gasteiger partial charge in [-0.15, -0.1) is 0 Å². The van der Waals surface area contributed by atoms with Gasteiger partial charge in [-0.05, 0) is 6.42 Å². The molecule has 0 atom stereocenters. The highest BCUT2D eigenvalue weighted by atomic mass is 16.1. The molecule has 0 saturated carbocycles. The normalized spacial score (nSPS) is 10.1. The van der Waals surface area contributed by atoms with E-state index in [1.807, 2.05) is 4.57 Å². The van der Waals surface area contributed by atoms with Crippen LogP contribution in [0.15, 0.2) is 12.5 Å². The summed E-state index contributed by atoms with van der Waals surface area (Å²) in [5, 5.41) is 0. The molecule has 0 aromatic carbocycles. The topological polar surface area (TPSA) is 60.9 Å². The van der Waals surface area contributed by atoms with Crippen molar-refractivity contribution in [1.29, 1.82) is 0 Å². The Bertz CT molecular complexity index is 267. The average molecular weight is 167 g/mol. The first-order valence-corrected chi connectivity index (χ1v) is 4.05. The van der Waals surface area contributed by atoms with Gasteiger partial charge in [0.05, 0.1) is 6.33 Å². The van der Waals surface area contributed by atoms with E-state index in [2.05, 4.69) is 11.9 Å². The molecule has 12 heavy (non-hydrogen) atoms. The van der Waals surface area contributed by atoms with E-state index < -0.39 is 5.91 Å². The summed E-state index contributed by atoms with van der Waals surface area (Å²) >= 11 is 0. The van der Waals surface area contributed by atoms with Gasteiger partial charge < -0.3 is 10.3 Å². The molecule has 2 N–H and O–H groups in total. The molecule has 0 radical (unpaired) electrons. The first-order valence-electron chi connectivity index (χ1n) is 4.05. The molecule has 1 aromatic rings. The van der Waals surface area contributed by atoms with E-state index in [4.69, 9.17) is 5.73 Å². The molecule has 4 heteroatoms. The Morgan fingerprint density at radius 3 is 3.00 bits per heavy atom. The molecule has 0 saturated heterocycles. The van der Waals surface area contributed by atoms with Gasteiger partial charge >= 0.3 is 0 Å². The quantitative estimate of drug-likeness (QED) is 0.720. The predicted octanol–water partition coefficient (Wildman–Crippen LogP) is 0.782. The maximum atomic E-state index is 10.6. The zero-order chi connectivity index (χ0) is 8.97. The molecule has 1 aromatic heterocycles. The van der Waals surface area contributed by atoms with Crippen LogP contribution in [0.3, 0.4) is 0 Å². The maximum absolute atomic E-state index is 10.6. The predicted molar refractivity (Wildman–Crippen MR) is 45.7 cm³/mol. The van der Waals surface area contributed by atoms with Crippen LogP contribution in [0.5, 0.6) is 0 Å². The molecule has 1 amide bonds. The molecule has 66 valence electrons. The fourth-order valence-electron chi connectivity index (χ4n) is 0.950. The first kappa shape index (κ1) is 8.77. The third-order valence-corrected chi connectivity index (χ3v) is 1.66. The number of carbonyl (C=O) groups is 1. The minimum atomic E-state index is -0.467. The van der Waals surface area contributed by atoms with Gasteiger partial charge in [0, 0.05) is 12.7 Å². The van der Waals surface area contributed by atoms with E-state index in [0.29, 0.717) is 5.69 Å². The van der Waals surface area contributed by atoms with Crippen molar-refractivity contribution in [2.45, 2.75) is 26.3 Å². The number of nitrogens with zero attached hydrogens (tertiary/aromatic N) is 2. The molecule has 4 nitrogen and oxygen atoms in total. The Kier molecular flexibility index (Phi) is 2.85. The second-order valence-electron chi connectivity index (χ2n) is 2.71. The second kappa shape index (κ2) is 3.90. The molecule has 0 spiro atoms. The van der Waals surface area contributed by atoms with Gasteiger partial charge in [0.1, 0.15) is 5.69 Å². The van der Waals surface area contributed by atoms with Crippen molar-refractivity contribution in [3.05, 3.63) is 18.2 Å². The number of nitrogens with two attached hydrogens (primary N) is 1. The summed E-state index contributed by atoms with van der Waals surface area (Å²) in [4.78, 5) is 14.5. The van der Waals surface area contributed by atoms with Crippen LogP contribution >= 0.6 is 0 Å². The zero-order valence-electron chi connectivity index (χ0n) is 7.16. The molecule has 0 aliphatic rings. The molecule has 0 aliphatic heterocycles. The highest BCUT2D eigenvalue weighted by Gasteiger charge is 2.02. The van der Waals surface area contributed by atoms with Gasteiger partial charge in [0.15, 0.2) is 0 Å². The third kappa shape index (κ3) is 2.08. The van der Waals surface area contributed by atoms with Gasteiger partial charge in [-0.25, -0.2) is 4.98 Å². The minimum absolute atomic E-state index is 0.339. The second-order valence-corrected chi connectivity index (χ2v) is 2.71. The number of primary amides is 1. The third-order valence-electron chi connectivity index (χ3n) is 1.66. The average Bonchev–Trinajstić information content (AvgIpc) is 2.48. The monoisotopic (exact) mass is 167 g/mol. The summed E-state index contributed by atoms with van der Waals surface area (Å²) in [6.07, 6.45) is 5.53.